The number of carbonyl (C=O) groups excluding carboxylic acids is 1. The van der Waals surface area contributed by atoms with Gasteiger partial charge in [0.1, 0.15) is 10.5 Å². The number of piperidine rings is 1. The molecule has 1 saturated heterocycles. The van der Waals surface area contributed by atoms with E-state index >= 15 is 0 Å². The number of aromatic nitrogens is 6. The van der Waals surface area contributed by atoms with E-state index in [1.54, 1.807) is 30.1 Å². The summed E-state index contributed by atoms with van der Waals surface area (Å²) in [6.07, 6.45) is 4.66. The van der Waals surface area contributed by atoms with Crippen molar-refractivity contribution >= 4 is 43.4 Å². The lowest BCUT2D eigenvalue weighted by Gasteiger charge is -2.31. The van der Waals surface area contributed by atoms with E-state index in [0.29, 0.717) is 32.0 Å². The zero-order valence-corrected chi connectivity index (χ0v) is 20.8. The number of fused-ring (bicyclic) bond motifs is 1. The van der Waals surface area contributed by atoms with Crippen LogP contribution in [0, 0.1) is 0 Å². The number of aryl methyl sites for hydroxylation is 1. The van der Waals surface area contributed by atoms with E-state index in [2.05, 4.69) is 29.8 Å². The quantitative estimate of drug-likeness (QED) is 0.413. The summed E-state index contributed by atoms with van der Waals surface area (Å²) in [5, 5.41) is 4.82. The third-order valence-electron chi connectivity index (χ3n) is 5.64. The van der Waals surface area contributed by atoms with Crippen LogP contribution < -0.4 is 4.72 Å². The Bertz CT molecular complexity index is 1560. The van der Waals surface area contributed by atoms with Gasteiger partial charge in [0.2, 0.25) is 16.0 Å². The van der Waals surface area contributed by atoms with Crippen LogP contribution in [0.3, 0.4) is 0 Å². The van der Waals surface area contributed by atoms with Gasteiger partial charge in [-0.1, -0.05) is 0 Å². The molecular formula is C21H20F2N8O3S2. The molecule has 1 fully saturated rings. The zero-order valence-electron chi connectivity index (χ0n) is 19.1. The van der Waals surface area contributed by atoms with Crippen molar-refractivity contribution in [2.24, 2.45) is 7.05 Å². The van der Waals surface area contributed by atoms with Crippen LogP contribution in [0.15, 0.2) is 30.7 Å². The Morgan fingerprint density at radius 1 is 1.17 bits per heavy atom. The molecule has 0 radical (unpaired) electrons. The number of sulfonamides is 1. The number of hydrogen-bond acceptors (Lipinski definition) is 9. The van der Waals surface area contributed by atoms with Gasteiger partial charge in [-0.05, 0) is 12.1 Å². The van der Waals surface area contributed by atoms with Gasteiger partial charge in [0.05, 0.1) is 22.4 Å². The van der Waals surface area contributed by atoms with Crippen molar-refractivity contribution in [2.45, 2.75) is 18.8 Å². The molecule has 0 saturated carbocycles. The van der Waals surface area contributed by atoms with Crippen molar-refractivity contribution in [2.75, 3.05) is 24.1 Å². The van der Waals surface area contributed by atoms with Gasteiger partial charge < -0.3 is 4.90 Å². The molecule has 0 atom stereocenters. The Morgan fingerprint density at radius 3 is 2.47 bits per heavy atom. The molecule has 188 valence electrons. The predicted octanol–water partition coefficient (Wildman–Crippen LogP) is 2.79. The SMILES string of the molecule is Cn1nccc1-c1nc(-c2cnc(NS(C)(=O)=O)nc2)nc2sc(C(=O)N3CCC(F)(F)CC3)cc12. The average molecular weight is 535 g/mol. The molecule has 0 aliphatic carbocycles. The number of nitrogens with one attached hydrogen (secondary N) is 1. The van der Waals surface area contributed by atoms with Crippen LogP contribution in [0.5, 0.6) is 0 Å². The summed E-state index contributed by atoms with van der Waals surface area (Å²) in [6, 6.07) is 3.45. The summed E-state index contributed by atoms with van der Waals surface area (Å²) >= 11 is 1.14. The van der Waals surface area contributed by atoms with Crippen molar-refractivity contribution in [1.82, 2.24) is 34.6 Å². The highest BCUT2D eigenvalue weighted by molar-refractivity contribution is 7.91. The summed E-state index contributed by atoms with van der Waals surface area (Å²) < 4.78 is 53.8. The number of rotatable bonds is 5. The number of likely N-dealkylation sites (tertiary alicyclic amines) is 1. The van der Waals surface area contributed by atoms with Gasteiger partial charge in [-0.15, -0.1) is 11.3 Å². The summed E-state index contributed by atoms with van der Waals surface area (Å²) in [5.74, 6) is -2.91. The molecule has 0 aromatic carbocycles. The monoisotopic (exact) mass is 534 g/mol. The van der Waals surface area contributed by atoms with Crippen LogP contribution in [0.1, 0.15) is 22.5 Å². The fourth-order valence-corrected chi connectivity index (χ4v) is 5.25. The number of nitrogens with zero attached hydrogens (tertiary/aromatic N) is 7. The fourth-order valence-electron chi connectivity index (χ4n) is 3.81. The van der Waals surface area contributed by atoms with Crippen LogP contribution in [0.4, 0.5) is 14.7 Å². The van der Waals surface area contributed by atoms with Crippen molar-refractivity contribution in [3.63, 3.8) is 0 Å². The zero-order chi connectivity index (χ0) is 25.7. The van der Waals surface area contributed by atoms with Crippen LogP contribution in [-0.4, -0.2) is 74.2 Å². The topological polar surface area (TPSA) is 136 Å². The van der Waals surface area contributed by atoms with Crippen LogP contribution in [0.25, 0.3) is 33.0 Å². The summed E-state index contributed by atoms with van der Waals surface area (Å²) in [4.78, 5) is 32.7. The lowest BCUT2D eigenvalue weighted by molar-refractivity contribution is -0.0493. The van der Waals surface area contributed by atoms with Gasteiger partial charge in [0.15, 0.2) is 5.82 Å². The van der Waals surface area contributed by atoms with Crippen LogP contribution >= 0.6 is 11.3 Å². The maximum Gasteiger partial charge on any atom is 0.264 e. The number of hydrogen-bond donors (Lipinski definition) is 1. The highest BCUT2D eigenvalue weighted by Gasteiger charge is 2.36. The van der Waals surface area contributed by atoms with E-state index in [9.17, 15) is 22.0 Å². The van der Waals surface area contributed by atoms with E-state index in [4.69, 9.17) is 0 Å². The van der Waals surface area contributed by atoms with Crippen LogP contribution in [0.2, 0.25) is 0 Å². The molecule has 0 spiro atoms. The highest BCUT2D eigenvalue weighted by Crippen LogP contribution is 2.35. The van der Waals surface area contributed by atoms with Gasteiger partial charge >= 0.3 is 0 Å². The molecule has 1 aliphatic heterocycles. The average Bonchev–Trinajstić information content (AvgIpc) is 3.43. The van der Waals surface area contributed by atoms with Crippen molar-refractivity contribution in [1.29, 1.82) is 0 Å². The molecule has 15 heteroatoms. The molecule has 4 aromatic heterocycles. The van der Waals surface area contributed by atoms with Gasteiger partial charge in [-0.25, -0.2) is 37.1 Å². The minimum Gasteiger partial charge on any atom is -0.338 e. The molecule has 1 N–H and O–H groups in total. The van der Waals surface area contributed by atoms with Gasteiger partial charge in [0, 0.05) is 57.0 Å². The summed E-state index contributed by atoms with van der Waals surface area (Å²) in [7, 11) is -1.78. The Kier molecular flexibility index (Phi) is 5.90. The summed E-state index contributed by atoms with van der Waals surface area (Å²) in [6.45, 7) is -0.0341. The highest BCUT2D eigenvalue weighted by atomic mass is 32.2. The molecular weight excluding hydrogens is 514 g/mol. The van der Waals surface area contributed by atoms with E-state index in [1.165, 1.54) is 17.3 Å². The Labute approximate surface area is 208 Å². The molecule has 11 nitrogen and oxygen atoms in total. The Morgan fingerprint density at radius 2 is 1.86 bits per heavy atom. The largest absolute Gasteiger partial charge is 0.338 e. The van der Waals surface area contributed by atoms with Gasteiger partial charge in [-0.3, -0.25) is 14.2 Å². The van der Waals surface area contributed by atoms with Crippen molar-refractivity contribution in [3.8, 4) is 22.8 Å². The van der Waals surface area contributed by atoms with E-state index < -0.39 is 15.9 Å². The smallest absolute Gasteiger partial charge is 0.264 e. The maximum absolute atomic E-state index is 13.6. The minimum absolute atomic E-state index is 0.0171. The molecule has 4 aromatic rings. The maximum atomic E-state index is 13.6. The summed E-state index contributed by atoms with van der Waals surface area (Å²) in [5.41, 5.74) is 1.63. The lowest BCUT2D eigenvalue weighted by atomic mass is 10.1. The number of halogens is 2. The van der Waals surface area contributed by atoms with Gasteiger partial charge in [-0.2, -0.15) is 5.10 Å². The van der Waals surface area contributed by atoms with Crippen LogP contribution in [-0.2, 0) is 17.1 Å². The number of amides is 1. The number of thiophene rings is 1. The second-order valence-corrected chi connectivity index (χ2v) is 11.2. The standard InChI is InChI=1S/C21H20F2N8O3S2/c1-30-14(3-6-26-30)16-13-9-15(19(32)31-7-4-21(22,23)5-8-31)35-18(13)28-17(27-16)12-10-24-20(25-11-12)29-36(2,33)34/h3,6,9-11H,4-5,7-8H2,1-2H3,(H,24,25,29). The second-order valence-electron chi connectivity index (χ2n) is 8.38. The van der Waals surface area contributed by atoms with E-state index in [-0.39, 0.29) is 43.6 Å². The molecule has 5 heterocycles. The van der Waals surface area contributed by atoms with E-state index in [1.807, 2.05) is 0 Å². The normalized spacial score (nSPS) is 15.8. The Balaban J connectivity index is 1.56. The number of alkyl halides is 2. The Hall–Kier alpha value is -3.59. The first kappa shape index (κ1) is 24.1. The molecule has 1 aliphatic rings. The predicted molar refractivity (Wildman–Crippen MR) is 129 cm³/mol. The van der Waals surface area contributed by atoms with E-state index in [0.717, 1.165) is 17.6 Å². The molecule has 0 bridgehead atoms. The van der Waals surface area contributed by atoms with Crippen molar-refractivity contribution in [3.05, 3.63) is 35.6 Å². The molecule has 36 heavy (non-hydrogen) atoms. The van der Waals surface area contributed by atoms with Gasteiger partial charge in [0.25, 0.3) is 11.8 Å². The lowest BCUT2D eigenvalue weighted by Crippen LogP contribution is -2.42. The first-order chi connectivity index (χ1) is 17.0. The number of carbonyl (C=O) groups is 1. The number of anilines is 1. The first-order valence-corrected chi connectivity index (χ1v) is 13.5. The minimum atomic E-state index is -3.54. The third kappa shape index (κ3) is 4.88. The third-order valence-corrected chi connectivity index (χ3v) is 7.21. The fraction of sp³-hybridized carbons (Fsp3) is 0.333. The second kappa shape index (κ2) is 8.81. The molecule has 1 amide bonds. The molecule has 0 unspecified atom stereocenters. The first-order valence-electron chi connectivity index (χ1n) is 10.8. The van der Waals surface area contributed by atoms with Crippen molar-refractivity contribution < 1.29 is 22.0 Å². The molecule has 5 rings (SSSR count).